The molecule has 0 radical (unpaired) electrons. The first-order chi connectivity index (χ1) is 12.9. The van der Waals surface area contributed by atoms with Crippen LogP contribution in [0, 0.1) is 0 Å². The van der Waals surface area contributed by atoms with Crippen molar-refractivity contribution in [2.24, 2.45) is 0 Å². The largest absolute Gasteiger partial charge is 0.422 e. The molecule has 2 amide bonds. The maximum absolute atomic E-state index is 12.3. The van der Waals surface area contributed by atoms with Gasteiger partial charge in [-0.1, -0.05) is 34.1 Å². The summed E-state index contributed by atoms with van der Waals surface area (Å²) in [5, 5.41) is 2.75. The van der Waals surface area contributed by atoms with Crippen molar-refractivity contribution in [3.8, 4) is 0 Å². The van der Waals surface area contributed by atoms with Crippen molar-refractivity contribution in [2.45, 2.75) is 0 Å². The van der Waals surface area contributed by atoms with Gasteiger partial charge < -0.3 is 4.42 Å². The van der Waals surface area contributed by atoms with E-state index in [1.807, 2.05) is 0 Å². The number of hydrogen-bond acceptors (Lipinski definition) is 5. The standard InChI is InChI=1S/C18H12BrN3O4S/c19-12-7-5-10(6-8-12)15(23)21-22-18(27)20-16(24)13-9-11-3-1-2-4-14(11)26-17(13)25/h1-9H,(H,21,23)(H2,20,22,24,27). The number of rotatable bonds is 2. The molecule has 3 N–H and O–H groups in total. The van der Waals surface area contributed by atoms with E-state index < -0.39 is 17.4 Å². The van der Waals surface area contributed by atoms with Crippen LogP contribution in [0.3, 0.4) is 0 Å². The highest BCUT2D eigenvalue weighted by molar-refractivity contribution is 9.10. The van der Waals surface area contributed by atoms with Crippen LogP contribution in [0.25, 0.3) is 11.0 Å². The van der Waals surface area contributed by atoms with Crippen LogP contribution in [-0.4, -0.2) is 16.9 Å². The van der Waals surface area contributed by atoms with Crippen molar-refractivity contribution in [1.82, 2.24) is 16.2 Å². The monoisotopic (exact) mass is 445 g/mol. The Bertz CT molecular complexity index is 1100. The number of para-hydroxylation sites is 1. The van der Waals surface area contributed by atoms with E-state index in [1.54, 1.807) is 48.5 Å². The Hall–Kier alpha value is -3.04. The number of halogens is 1. The number of hydrogen-bond donors (Lipinski definition) is 3. The Labute approximate surface area is 166 Å². The summed E-state index contributed by atoms with van der Waals surface area (Å²) in [6.07, 6.45) is 0. The zero-order valence-electron chi connectivity index (χ0n) is 13.6. The molecule has 3 rings (SSSR count). The number of thiocarbonyl (C=S) groups is 1. The van der Waals surface area contributed by atoms with Crippen LogP contribution < -0.4 is 21.8 Å². The van der Waals surface area contributed by atoms with Gasteiger partial charge in [-0.25, -0.2) is 4.79 Å². The zero-order valence-corrected chi connectivity index (χ0v) is 16.0. The molecule has 9 heteroatoms. The maximum Gasteiger partial charge on any atom is 0.349 e. The van der Waals surface area contributed by atoms with Gasteiger partial charge in [0.15, 0.2) is 5.11 Å². The summed E-state index contributed by atoms with van der Waals surface area (Å²) in [5.41, 5.74) is 4.56. The minimum atomic E-state index is -0.784. The molecule has 0 aliphatic carbocycles. The van der Waals surface area contributed by atoms with Gasteiger partial charge in [-0.15, -0.1) is 0 Å². The number of carbonyl (C=O) groups excluding carboxylic acids is 2. The Morgan fingerprint density at radius 3 is 2.41 bits per heavy atom. The van der Waals surface area contributed by atoms with E-state index in [2.05, 4.69) is 32.1 Å². The lowest BCUT2D eigenvalue weighted by atomic mass is 10.2. The number of benzene rings is 2. The summed E-state index contributed by atoms with van der Waals surface area (Å²) in [6.45, 7) is 0. The minimum absolute atomic E-state index is 0.168. The van der Waals surface area contributed by atoms with Crippen LogP contribution in [0.1, 0.15) is 20.7 Å². The Morgan fingerprint density at radius 2 is 1.67 bits per heavy atom. The number of carbonyl (C=O) groups is 2. The number of hydrazine groups is 1. The van der Waals surface area contributed by atoms with E-state index in [-0.39, 0.29) is 10.7 Å². The molecule has 27 heavy (non-hydrogen) atoms. The van der Waals surface area contributed by atoms with E-state index >= 15 is 0 Å². The van der Waals surface area contributed by atoms with Gasteiger partial charge >= 0.3 is 5.63 Å². The summed E-state index contributed by atoms with van der Waals surface area (Å²) >= 11 is 8.24. The first kappa shape index (κ1) is 18.7. The molecule has 7 nitrogen and oxygen atoms in total. The summed E-state index contributed by atoms with van der Waals surface area (Å²) in [4.78, 5) is 36.2. The Kier molecular flexibility index (Phi) is 5.63. The third-order valence-electron chi connectivity index (χ3n) is 3.51. The van der Waals surface area contributed by atoms with Gasteiger partial charge in [-0.3, -0.25) is 25.8 Å². The topological polar surface area (TPSA) is 100 Å². The number of fused-ring (bicyclic) bond motifs is 1. The molecule has 0 bridgehead atoms. The van der Waals surface area contributed by atoms with E-state index in [0.717, 1.165) is 4.47 Å². The molecule has 0 aliphatic rings. The van der Waals surface area contributed by atoms with E-state index in [9.17, 15) is 14.4 Å². The fraction of sp³-hybridized carbons (Fsp3) is 0. The highest BCUT2D eigenvalue weighted by Gasteiger charge is 2.15. The summed E-state index contributed by atoms with van der Waals surface area (Å²) < 4.78 is 5.94. The maximum atomic E-state index is 12.3. The third-order valence-corrected chi connectivity index (χ3v) is 4.24. The van der Waals surface area contributed by atoms with Gasteiger partial charge in [0.1, 0.15) is 11.1 Å². The molecule has 0 atom stereocenters. The van der Waals surface area contributed by atoms with Crippen molar-refractivity contribution >= 4 is 56.0 Å². The molecule has 0 unspecified atom stereocenters. The molecule has 136 valence electrons. The second-order valence-corrected chi connectivity index (χ2v) is 6.68. The second kappa shape index (κ2) is 8.11. The lowest BCUT2D eigenvalue weighted by Crippen LogP contribution is -2.49. The van der Waals surface area contributed by atoms with Crippen molar-refractivity contribution < 1.29 is 14.0 Å². The zero-order chi connectivity index (χ0) is 19.4. The van der Waals surface area contributed by atoms with Crippen molar-refractivity contribution in [3.05, 3.63) is 80.6 Å². The fourth-order valence-corrected chi connectivity index (χ4v) is 2.62. The van der Waals surface area contributed by atoms with Gasteiger partial charge in [0.25, 0.3) is 11.8 Å². The molecule has 0 saturated heterocycles. The average molecular weight is 446 g/mol. The molecule has 0 aliphatic heterocycles. The molecular formula is C18H12BrN3O4S. The molecule has 1 aromatic heterocycles. The van der Waals surface area contributed by atoms with E-state index in [0.29, 0.717) is 16.5 Å². The summed E-state index contributed by atoms with van der Waals surface area (Å²) in [6, 6.07) is 14.9. The second-order valence-electron chi connectivity index (χ2n) is 5.35. The molecular weight excluding hydrogens is 434 g/mol. The highest BCUT2D eigenvalue weighted by Crippen LogP contribution is 2.12. The normalized spacial score (nSPS) is 10.3. The highest BCUT2D eigenvalue weighted by atomic mass is 79.9. The van der Waals surface area contributed by atoms with Gasteiger partial charge in [0, 0.05) is 15.4 Å². The predicted molar refractivity (Wildman–Crippen MR) is 107 cm³/mol. The molecule has 0 spiro atoms. The van der Waals surface area contributed by atoms with Gasteiger partial charge in [-0.2, -0.15) is 0 Å². The van der Waals surface area contributed by atoms with Crippen LogP contribution in [0.5, 0.6) is 0 Å². The van der Waals surface area contributed by atoms with Crippen molar-refractivity contribution in [2.75, 3.05) is 0 Å². The Morgan fingerprint density at radius 1 is 0.963 bits per heavy atom. The molecule has 3 aromatic rings. The first-order valence-electron chi connectivity index (χ1n) is 7.64. The summed E-state index contributed by atoms with van der Waals surface area (Å²) in [7, 11) is 0. The minimum Gasteiger partial charge on any atom is -0.422 e. The lowest BCUT2D eigenvalue weighted by Gasteiger charge is -2.10. The smallest absolute Gasteiger partial charge is 0.349 e. The quantitative estimate of drug-likeness (QED) is 0.318. The number of nitrogens with one attached hydrogen (secondary N) is 3. The lowest BCUT2D eigenvalue weighted by molar-refractivity contribution is 0.0934. The van der Waals surface area contributed by atoms with E-state index in [1.165, 1.54) is 6.07 Å². The molecule has 0 fully saturated rings. The SMILES string of the molecule is O=C(NNC(=S)NC(=O)c1cc2ccccc2oc1=O)c1ccc(Br)cc1. The van der Waals surface area contributed by atoms with Crippen molar-refractivity contribution in [3.63, 3.8) is 0 Å². The fourth-order valence-electron chi connectivity index (χ4n) is 2.21. The Balaban J connectivity index is 1.63. The van der Waals surface area contributed by atoms with Crippen LogP contribution in [0.15, 0.2) is 68.3 Å². The van der Waals surface area contributed by atoms with Crippen molar-refractivity contribution in [1.29, 1.82) is 0 Å². The van der Waals surface area contributed by atoms with E-state index in [4.69, 9.17) is 16.6 Å². The van der Waals surface area contributed by atoms with Gasteiger partial charge in [0.2, 0.25) is 0 Å². The molecule has 2 aromatic carbocycles. The van der Waals surface area contributed by atoms with Crippen LogP contribution in [-0.2, 0) is 0 Å². The van der Waals surface area contributed by atoms with Crippen LogP contribution in [0.4, 0.5) is 0 Å². The van der Waals surface area contributed by atoms with Gasteiger partial charge in [-0.05, 0) is 48.6 Å². The third kappa shape index (κ3) is 4.57. The predicted octanol–water partition coefficient (Wildman–Crippen LogP) is 2.50. The van der Waals surface area contributed by atoms with Gasteiger partial charge in [0.05, 0.1) is 0 Å². The van der Waals surface area contributed by atoms with Crippen LogP contribution >= 0.6 is 28.1 Å². The summed E-state index contributed by atoms with van der Waals surface area (Å²) in [5.74, 6) is -1.19. The first-order valence-corrected chi connectivity index (χ1v) is 8.84. The number of amides is 2. The average Bonchev–Trinajstić information content (AvgIpc) is 2.66. The molecule has 1 heterocycles. The molecule has 0 saturated carbocycles. The van der Waals surface area contributed by atoms with Crippen LogP contribution in [0.2, 0.25) is 0 Å².